The van der Waals surface area contributed by atoms with Crippen molar-refractivity contribution in [3.8, 4) is 11.5 Å². The van der Waals surface area contributed by atoms with Crippen LogP contribution in [0, 0.1) is 0 Å². The Morgan fingerprint density at radius 2 is 1.79 bits per heavy atom. The topological polar surface area (TPSA) is 117 Å². The highest BCUT2D eigenvalue weighted by atomic mass is 16.5. The summed E-state index contributed by atoms with van der Waals surface area (Å²) in [6.07, 6.45) is 5.80. The number of aromatic nitrogens is 3. The minimum Gasteiger partial charge on any atom is -0.493 e. The number of ether oxygens (including phenoxy) is 2. The number of anilines is 1. The molecule has 9 heteroatoms. The Bertz CT molecular complexity index is 1410. The van der Waals surface area contributed by atoms with Crippen molar-refractivity contribution in [2.24, 2.45) is 5.10 Å². The van der Waals surface area contributed by atoms with Gasteiger partial charge in [-0.15, -0.1) is 0 Å². The lowest BCUT2D eigenvalue weighted by Crippen LogP contribution is -2.33. The maximum Gasteiger partial charge on any atom is 0.257 e. The van der Waals surface area contributed by atoms with Crippen LogP contribution in [0.15, 0.2) is 47.6 Å². The van der Waals surface area contributed by atoms with Crippen LogP contribution in [0.5, 0.6) is 11.5 Å². The highest BCUT2D eigenvalue weighted by Crippen LogP contribution is 2.30. The van der Waals surface area contributed by atoms with Gasteiger partial charge < -0.3 is 20.5 Å². The van der Waals surface area contributed by atoms with Crippen molar-refractivity contribution in [1.29, 1.82) is 0 Å². The van der Waals surface area contributed by atoms with Gasteiger partial charge in [-0.2, -0.15) is 9.78 Å². The normalized spacial score (nSPS) is 14.3. The molecule has 34 heavy (non-hydrogen) atoms. The molecule has 1 amide bonds. The van der Waals surface area contributed by atoms with E-state index in [0.29, 0.717) is 39.3 Å². The van der Waals surface area contributed by atoms with Gasteiger partial charge >= 0.3 is 0 Å². The van der Waals surface area contributed by atoms with Crippen LogP contribution in [0.2, 0.25) is 0 Å². The van der Waals surface area contributed by atoms with Crippen LogP contribution in [0.1, 0.15) is 41.6 Å². The van der Waals surface area contributed by atoms with Gasteiger partial charge in [0, 0.05) is 6.04 Å². The number of para-hydroxylation sites is 2. The van der Waals surface area contributed by atoms with Crippen LogP contribution in [-0.4, -0.2) is 47.0 Å². The van der Waals surface area contributed by atoms with Crippen molar-refractivity contribution in [1.82, 2.24) is 20.0 Å². The predicted octanol–water partition coefficient (Wildman–Crippen LogP) is 3.74. The molecular weight excluding hydrogens is 432 g/mol. The molecule has 0 spiro atoms. The zero-order chi connectivity index (χ0) is 23.7. The fourth-order valence-corrected chi connectivity index (χ4v) is 4.37. The second kappa shape index (κ2) is 9.01. The van der Waals surface area contributed by atoms with Crippen LogP contribution < -0.4 is 20.5 Å². The molecular formula is C25H26N6O3. The van der Waals surface area contributed by atoms with Crippen molar-refractivity contribution < 1.29 is 14.3 Å². The number of hydrogen-bond donors (Lipinski definition) is 2. The third kappa shape index (κ3) is 3.89. The Kier molecular flexibility index (Phi) is 5.75. The first-order valence-corrected chi connectivity index (χ1v) is 11.2. The zero-order valence-corrected chi connectivity index (χ0v) is 19.1. The van der Waals surface area contributed by atoms with Gasteiger partial charge in [0.05, 0.1) is 31.5 Å². The van der Waals surface area contributed by atoms with E-state index in [1.165, 1.54) is 4.68 Å². The lowest BCUT2D eigenvalue weighted by Gasteiger charge is -2.11. The van der Waals surface area contributed by atoms with Crippen molar-refractivity contribution in [2.45, 2.75) is 31.7 Å². The number of amides is 1. The molecule has 0 aliphatic heterocycles. The number of carbonyl (C=O) groups is 1. The number of nitrogens with two attached hydrogens (primary N) is 1. The summed E-state index contributed by atoms with van der Waals surface area (Å²) in [6, 6.07) is 13.1. The van der Waals surface area contributed by atoms with Gasteiger partial charge in [0.15, 0.2) is 17.1 Å². The fourth-order valence-electron chi connectivity index (χ4n) is 4.37. The van der Waals surface area contributed by atoms with Gasteiger partial charge in [-0.25, -0.2) is 9.97 Å². The third-order valence-corrected chi connectivity index (χ3v) is 6.12. The van der Waals surface area contributed by atoms with E-state index in [9.17, 15) is 4.79 Å². The Morgan fingerprint density at radius 1 is 1.09 bits per heavy atom. The second-order valence-electron chi connectivity index (χ2n) is 8.27. The van der Waals surface area contributed by atoms with Crippen molar-refractivity contribution in [2.75, 3.05) is 20.0 Å². The Hall–Kier alpha value is -4.14. The molecule has 3 N–H and O–H groups in total. The molecule has 2 aromatic heterocycles. The molecule has 2 heterocycles. The van der Waals surface area contributed by atoms with Crippen LogP contribution in [0.25, 0.3) is 22.2 Å². The molecule has 5 rings (SSSR count). The largest absolute Gasteiger partial charge is 0.493 e. The minimum atomic E-state index is -0.251. The first kappa shape index (κ1) is 21.7. The average Bonchev–Trinajstić information content (AvgIpc) is 3.46. The fraction of sp³-hybridized carbons (Fsp3) is 0.280. The first-order chi connectivity index (χ1) is 16.6. The van der Waals surface area contributed by atoms with E-state index in [0.717, 1.165) is 31.2 Å². The number of nitrogen functional groups attached to an aromatic ring is 1. The summed E-state index contributed by atoms with van der Waals surface area (Å²) in [5, 5.41) is 7.67. The monoisotopic (exact) mass is 458 g/mol. The molecule has 1 aliphatic carbocycles. The van der Waals surface area contributed by atoms with Gasteiger partial charge in [-0.05, 0) is 48.7 Å². The van der Waals surface area contributed by atoms with Gasteiger partial charge in [-0.3, -0.25) is 4.79 Å². The summed E-state index contributed by atoms with van der Waals surface area (Å²) < 4.78 is 12.1. The van der Waals surface area contributed by atoms with Crippen LogP contribution in [0.4, 0.5) is 5.82 Å². The predicted molar refractivity (Wildman–Crippen MR) is 132 cm³/mol. The summed E-state index contributed by atoms with van der Waals surface area (Å²) in [7, 11) is 3.16. The molecule has 1 aliphatic rings. The lowest BCUT2D eigenvalue weighted by molar-refractivity contribution is 0.0940. The number of nitrogens with one attached hydrogen (secondary N) is 1. The van der Waals surface area contributed by atoms with Crippen molar-refractivity contribution >= 4 is 40.1 Å². The Labute approximate surface area is 196 Å². The molecule has 0 unspecified atom stereocenters. The highest BCUT2D eigenvalue weighted by molar-refractivity contribution is 6.10. The van der Waals surface area contributed by atoms with E-state index in [-0.39, 0.29) is 17.8 Å². The molecule has 1 saturated carbocycles. The molecule has 0 saturated heterocycles. The van der Waals surface area contributed by atoms with E-state index >= 15 is 0 Å². The summed E-state index contributed by atoms with van der Waals surface area (Å²) in [4.78, 5) is 22.7. The minimum absolute atomic E-state index is 0.147. The number of rotatable bonds is 6. The molecule has 9 nitrogen and oxygen atoms in total. The maximum atomic E-state index is 13.3. The molecule has 174 valence electrons. The average molecular weight is 459 g/mol. The van der Waals surface area contributed by atoms with Gasteiger partial charge in [0.2, 0.25) is 0 Å². The number of carbonyl (C=O) groups excluding carboxylic acids is 1. The van der Waals surface area contributed by atoms with E-state index < -0.39 is 0 Å². The number of fused-ring (bicyclic) bond motifs is 2. The second-order valence-corrected chi connectivity index (χ2v) is 8.27. The van der Waals surface area contributed by atoms with E-state index in [4.69, 9.17) is 25.2 Å². The van der Waals surface area contributed by atoms with E-state index in [1.807, 2.05) is 30.3 Å². The third-order valence-electron chi connectivity index (χ3n) is 6.12. The SMILES string of the molecule is COc1ccc(C=Nn2c(N)c(C(=O)NC3CCCC3)c3nc4ccccc4nc32)cc1OC. The maximum absolute atomic E-state index is 13.3. The van der Waals surface area contributed by atoms with E-state index in [2.05, 4.69) is 10.4 Å². The van der Waals surface area contributed by atoms with Gasteiger partial charge in [0.1, 0.15) is 16.9 Å². The van der Waals surface area contributed by atoms with E-state index in [1.54, 1.807) is 32.6 Å². The quantitative estimate of drug-likeness (QED) is 0.425. The Morgan fingerprint density at radius 3 is 2.50 bits per heavy atom. The summed E-state index contributed by atoms with van der Waals surface area (Å²) >= 11 is 0. The van der Waals surface area contributed by atoms with Gasteiger partial charge in [-0.1, -0.05) is 25.0 Å². The summed E-state index contributed by atoms with van der Waals surface area (Å²) in [5.74, 6) is 1.14. The highest BCUT2D eigenvalue weighted by Gasteiger charge is 2.26. The number of benzene rings is 2. The Balaban J connectivity index is 1.62. The lowest BCUT2D eigenvalue weighted by atomic mass is 10.2. The van der Waals surface area contributed by atoms with Crippen LogP contribution >= 0.6 is 0 Å². The molecule has 0 atom stereocenters. The summed E-state index contributed by atoms with van der Waals surface area (Å²) in [6.45, 7) is 0. The first-order valence-electron chi connectivity index (χ1n) is 11.2. The van der Waals surface area contributed by atoms with Gasteiger partial charge in [0.25, 0.3) is 5.91 Å². The molecule has 0 bridgehead atoms. The molecule has 4 aromatic rings. The zero-order valence-electron chi connectivity index (χ0n) is 19.1. The number of hydrogen-bond acceptors (Lipinski definition) is 7. The summed E-state index contributed by atoms with van der Waals surface area (Å²) in [5.41, 5.74) is 9.77. The smallest absolute Gasteiger partial charge is 0.257 e. The van der Waals surface area contributed by atoms with Crippen LogP contribution in [-0.2, 0) is 0 Å². The van der Waals surface area contributed by atoms with Crippen molar-refractivity contribution in [3.05, 3.63) is 53.6 Å². The molecule has 1 fully saturated rings. The van der Waals surface area contributed by atoms with Crippen LogP contribution in [0.3, 0.4) is 0 Å². The number of nitrogens with zero attached hydrogens (tertiary/aromatic N) is 4. The molecule has 0 radical (unpaired) electrons. The molecule has 2 aromatic carbocycles. The standard InChI is InChI=1S/C25H26N6O3/c1-33-19-12-11-15(13-20(19)34-2)14-27-31-23(26)21(25(32)28-16-7-3-4-8-16)22-24(31)30-18-10-6-5-9-17(18)29-22/h5-6,9-14,16H,3-4,7-8,26H2,1-2H3,(H,28,32). The number of methoxy groups -OCH3 is 2. The van der Waals surface area contributed by atoms with Crippen molar-refractivity contribution in [3.63, 3.8) is 0 Å².